The molecule has 1 aliphatic heterocycles. The largest absolute Gasteiger partial charge is 0.508 e. The van der Waals surface area contributed by atoms with E-state index in [0.717, 1.165) is 17.9 Å². The fourth-order valence-electron chi connectivity index (χ4n) is 3.67. The number of phenols is 1. The maximum absolute atomic E-state index is 13.1. The van der Waals surface area contributed by atoms with Crippen LogP contribution in [0.2, 0.25) is 0 Å². The molecular formula is C21H23N3O4. The summed E-state index contributed by atoms with van der Waals surface area (Å²) in [4.78, 5) is 20.0. The molecule has 0 amide bonds. The summed E-state index contributed by atoms with van der Waals surface area (Å²) in [7, 11) is 3.12. The van der Waals surface area contributed by atoms with Crippen molar-refractivity contribution in [1.29, 1.82) is 0 Å². The Labute approximate surface area is 162 Å². The van der Waals surface area contributed by atoms with Gasteiger partial charge in [-0.1, -0.05) is 18.2 Å². The second-order valence-corrected chi connectivity index (χ2v) is 6.86. The predicted octanol–water partition coefficient (Wildman–Crippen LogP) is 2.18. The molecule has 0 radical (unpaired) electrons. The molecule has 146 valence electrons. The Balaban J connectivity index is 1.67. The fourth-order valence-corrected chi connectivity index (χ4v) is 3.67. The van der Waals surface area contributed by atoms with Gasteiger partial charge in [0.05, 0.1) is 25.1 Å². The number of aromatic hydroxyl groups is 1. The Hall–Kier alpha value is -3.06. The van der Waals surface area contributed by atoms with Crippen LogP contribution in [0.5, 0.6) is 17.2 Å². The Morgan fingerprint density at radius 2 is 1.82 bits per heavy atom. The van der Waals surface area contributed by atoms with E-state index in [4.69, 9.17) is 14.5 Å². The number of aromatic nitrogens is 2. The third kappa shape index (κ3) is 3.29. The van der Waals surface area contributed by atoms with Gasteiger partial charge in [0.1, 0.15) is 11.6 Å². The molecule has 0 aliphatic carbocycles. The van der Waals surface area contributed by atoms with E-state index in [-0.39, 0.29) is 5.56 Å². The number of benzene rings is 2. The van der Waals surface area contributed by atoms with Crippen molar-refractivity contribution in [3.05, 3.63) is 58.1 Å². The van der Waals surface area contributed by atoms with Gasteiger partial charge in [0.2, 0.25) is 0 Å². The standard InChI is InChI=1S/C21H23N3O4/c1-27-18-11-15-16(12-19(18)28-2)22-20-7-8-23(9-10-24(20)21(15)26)13-14-5-3-4-6-17(14)25/h3-6,11-12,25H,7-10,13H2,1-2H3. The van der Waals surface area contributed by atoms with Gasteiger partial charge < -0.3 is 14.6 Å². The number of ether oxygens (including phenoxy) is 2. The van der Waals surface area contributed by atoms with Gasteiger partial charge in [-0.25, -0.2) is 4.98 Å². The summed E-state index contributed by atoms with van der Waals surface area (Å²) in [5.74, 6) is 2.14. The van der Waals surface area contributed by atoms with Gasteiger partial charge in [-0.3, -0.25) is 14.3 Å². The highest BCUT2D eigenvalue weighted by Gasteiger charge is 2.20. The van der Waals surface area contributed by atoms with Crippen LogP contribution in [0.1, 0.15) is 11.4 Å². The summed E-state index contributed by atoms with van der Waals surface area (Å²) >= 11 is 0. The van der Waals surface area contributed by atoms with E-state index in [9.17, 15) is 9.90 Å². The van der Waals surface area contributed by atoms with E-state index in [2.05, 4.69) is 4.90 Å². The molecule has 0 atom stereocenters. The van der Waals surface area contributed by atoms with Crippen molar-refractivity contribution in [3.8, 4) is 17.2 Å². The van der Waals surface area contributed by atoms with Gasteiger partial charge in [-0.15, -0.1) is 0 Å². The Kier molecular flexibility index (Phi) is 4.92. The monoisotopic (exact) mass is 381 g/mol. The second kappa shape index (κ2) is 7.52. The lowest BCUT2D eigenvalue weighted by Crippen LogP contribution is -2.28. The molecule has 4 rings (SSSR count). The number of methoxy groups -OCH3 is 2. The van der Waals surface area contributed by atoms with Crippen molar-refractivity contribution in [3.63, 3.8) is 0 Å². The van der Waals surface area contributed by atoms with E-state index >= 15 is 0 Å². The van der Waals surface area contributed by atoms with Crippen LogP contribution in [0.3, 0.4) is 0 Å². The number of nitrogens with zero attached hydrogens (tertiary/aromatic N) is 3. The molecule has 0 bridgehead atoms. The number of phenolic OH excluding ortho intramolecular Hbond substituents is 1. The summed E-state index contributed by atoms with van der Waals surface area (Å²) in [6, 6.07) is 10.8. The molecule has 3 aromatic rings. The first-order valence-electron chi connectivity index (χ1n) is 9.25. The molecule has 7 nitrogen and oxygen atoms in total. The zero-order valence-electron chi connectivity index (χ0n) is 16.0. The van der Waals surface area contributed by atoms with Crippen molar-refractivity contribution in [2.75, 3.05) is 27.3 Å². The summed E-state index contributed by atoms with van der Waals surface area (Å²) in [6.45, 7) is 2.66. The predicted molar refractivity (Wildman–Crippen MR) is 106 cm³/mol. The Morgan fingerprint density at radius 1 is 1.07 bits per heavy atom. The van der Waals surface area contributed by atoms with E-state index in [1.54, 1.807) is 37.0 Å². The SMILES string of the molecule is COc1cc2nc3n(c(=O)c2cc1OC)CCN(Cc1ccccc1O)CC3. The van der Waals surface area contributed by atoms with Crippen LogP contribution >= 0.6 is 0 Å². The van der Waals surface area contributed by atoms with Crippen LogP contribution in [0, 0.1) is 0 Å². The second-order valence-electron chi connectivity index (χ2n) is 6.86. The van der Waals surface area contributed by atoms with Gasteiger partial charge in [-0.05, 0) is 12.1 Å². The lowest BCUT2D eigenvalue weighted by atomic mass is 10.2. The van der Waals surface area contributed by atoms with E-state index in [0.29, 0.717) is 54.2 Å². The highest BCUT2D eigenvalue weighted by Crippen LogP contribution is 2.30. The molecule has 1 aliphatic rings. The van der Waals surface area contributed by atoms with Crippen molar-refractivity contribution >= 4 is 10.9 Å². The van der Waals surface area contributed by atoms with Crippen LogP contribution in [0.25, 0.3) is 10.9 Å². The number of hydrogen-bond donors (Lipinski definition) is 1. The number of hydrogen-bond acceptors (Lipinski definition) is 6. The molecule has 7 heteroatoms. The fraction of sp³-hybridized carbons (Fsp3) is 0.333. The summed E-state index contributed by atoms with van der Waals surface area (Å²) in [6.07, 6.45) is 0.660. The number of rotatable bonds is 4. The maximum atomic E-state index is 13.1. The Bertz CT molecular complexity index is 1080. The molecule has 2 aromatic carbocycles. The summed E-state index contributed by atoms with van der Waals surface area (Å²) < 4.78 is 12.4. The van der Waals surface area contributed by atoms with Crippen LogP contribution in [-0.4, -0.2) is 46.9 Å². The van der Waals surface area contributed by atoms with Gasteiger partial charge in [0.25, 0.3) is 5.56 Å². The van der Waals surface area contributed by atoms with Crippen LogP contribution in [-0.2, 0) is 19.5 Å². The van der Waals surface area contributed by atoms with Crippen molar-refractivity contribution in [1.82, 2.24) is 14.5 Å². The molecule has 28 heavy (non-hydrogen) atoms. The third-order valence-corrected chi connectivity index (χ3v) is 5.22. The number of fused-ring (bicyclic) bond motifs is 2. The normalized spacial score (nSPS) is 14.5. The quantitative estimate of drug-likeness (QED) is 0.747. The summed E-state index contributed by atoms with van der Waals surface area (Å²) in [5.41, 5.74) is 1.43. The van der Waals surface area contributed by atoms with Crippen molar-refractivity contribution in [2.45, 2.75) is 19.5 Å². The van der Waals surface area contributed by atoms with Crippen LogP contribution < -0.4 is 15.0 Å². The lowest BCUT2D eigenvalue weighted by molar-refractivity contribution is 0.267. The van der Waals surface area contributed by atoms with E-state index in [1.165, 1.54) is 0 Å². The smallest absolute Gasteiger partial charge is 0.261 e. The molecule has 0 fully saturated rings. The van der Waals surface area contributed by atoms with Gasteiger partial charge in [-0.2, -0.15) is 0 Å². The van der Waals surface area contributed by atoms with Gasteiger partial charge >= 0.3 is 0 Å². The van der Waals surface area contributed by atoms with E-state index in [1.807, 2.05) is 18.2 Å². The molecule has 0 spiro atoms. The molecule has 0 saturated carbocycles. The minimum atomic E-state index is -0.0645. The minimum Gasteiger partial charge on any atom is -0.508 e. The average molecular weight is 381 g/mol. The minimum absolute atomic E-state index is 0.0645. The van der Waals surface area contributed by atoms with E-state index < -0.39 is 0 Å². The molecule has 2 heterocycles. The highest BCUT2D eigenvalue weighted by atomic mass is 16.5. The topological polar surface area (TPSA) is 76.8 Å². The first-order valence-corrected chi connectivity index (χ1v) is 9.25. The van der Waals surface area contributed by atoms with Gasteiger partial charge in [0.15, 0.2) is 11.5 Å². The molecule has 1 aromatic heterocycles. The maximum Gasteiger partial charge on any atom is 0.261 e. The zero-order chi connectivity index (χ0) is 19.7. The lowest BCUT2D eigenvalue weighted by Gasteiger charge is -2.19. The first-order chi connectivity index (χ1) is 13.6. The van der Waals surface area contributed by atoms with Crippen LogP contribution in [0.15, 0.2) is 41.2 Å². The van der Waals surface area contributed by atoms with Gasteiger partial charge in [0, 0.05) is 44.2 Å². The number of para-hydroxylation sites is 1. The third-order valence-electron chi connectivity index (χ3n) is 5.22. The molecule has 0 saturated heterocycles. The van der Waals surface area contributed by atoms with Crippen molar-refractivity contribution in [2.24, 2.45) is 0 Å². The zero-order valence-corrected chi connectivity index (χ0v) is 16.0. The molecular weight excluding hydrogens is 358 g/mol. The van der Waals surface area contributed by atoms with Crippen LogP contribution in [0.4, 0.5) is 0 Å². The first kappa shape index (κ1) is 18.3. The molecule has 1 N–H and O–H groups in total. The van der Waals surface area contributed by atoms with Crippen molar-refractivity contribution < 1.29 is 14.6 Å². The summed E-state index contributed by atoms with van der Waals surface area (Å²) in [5, 5.41) is 10.6. The molecule has 0 unspecified atom stereocenters. The average Bonchev–Trinajstić information content (AvgIpc) is 2.91. The highest BCUT2D eigenvalue weighted by molar-refractivity contribution is 5.82. The Morgan fingerprint density at radius 3 is 2.57 bits per heavy atom.